The van der Waals surface area contributed by atoms with Crippen molar-refractivity contribution in [1.82, 2.24) is 0 Å². The minimum absolute atomic E-state index is 0.231. The monoisotopic (exact) mass is 111 g/mol. The highest BCUT2D eigenvalue weighted by atomic mass is 16.3. The van der Waals surface area contributed by atoms with Gasteiger partial charge in [0.15, 0.2) is 5.70 Å². The molecular formula is C3HN3O2. The minimum Gasteiger partial charge on any atom is -0.263 e. The summed E-state index contributed by atoms with van der Waals surface area (Å²) in [6.45, 7) is 0. The molecule has 1 heterocycles. The van der Waals surface area contributed by atoms with Crippen LogP contribution in [0.25, 0.3) is 0 Å². The average Bonchev–Trinajstić information content (AvgIpc) is 2.14. The third-order valence-corrected chi connectivity index (χ3v) is 0.646. The molecule has 0 aromatic carbocycles. The molecule has 0 fully saturated rings. The fourth-order valence-electron chi connectivity index (χ4n) is 0.305. The second kappa shape index (κ2) is 1.61. The van der Waals surface area contributed by atoms with Gasteiger partial charge in [0.2, 0.25) is 0 Å². The number of carbonyl (C=O) groups excluding carboxylic acids is 1. The van der Waals surface area contributed by atoms with Crippen molar-refractivity contribution in [2.24, 2.45) is 15.4 Å². The highest BCUT2D eigenvalue weighted by Gasteiger charge is 2.12. The van der Waals surface area contributed by atoms with Crippen LogP contribution < -0.4 is 0 Å². The van der Waals surface area contributed by atoms with Crippen LogP contribution in [-0.2, 0) is 4.79 Å². The maximum Gasteiger partial charge on any atom is 0.319 e. The van der Waals surface area contributed by atoms with Crippen LogP contribution in [0.3, 0.4) is 0 Å². The van der Waals surface area contributed by atoms with Gasteiger partial charge < -0.3 is 0 Å². The van der Waals surface area contributed by atoms with Crippen LogP contribution in [0.15, 0.2) is 27.3 Å². The summed E-state index contributed by atoms with van der Waals surface area (Å²) in [4.78, 5) is 19.7. The molecule has 0 unspecified atom stereocenters. The van der Waals surface area contributed by atoms with E-state index in [0.29, 0.717) is 0 Å². The van der Waals surface area contributed by atoms with E-state index in [9.17, 15) is 9.70 Å². The van der Waals surface area contributed by atoms with Gasteiger partial charge >= 0.3 is 5.91 Å². The summed E-state index contributed by atoms with van der Waals surface area (Å²) in [5, 5.41) is 8.47. The third-order valence-electron chi connectivity index (χ3n) is 0.646. The SMILES string of the molecule is O=NC1=CN=NC1=O. The zero-order chi connectivity index (χ0) is 5.98. The lowest BCUT2D eigenvalue weighted by Gasteiger charge is -1.72. The molecule has 5 nitrogen and oxygen atoms in total. The van der Waals surface area contributed by atoms with Gasteiger partial charge in [-0.25, -0.2) is 0 Å². The number of nitroso groups, excluding NO2 is 1. The van der Waals surface area contributed by atoms with Crippen molar-refractivity contribution in [3.8, 4) is 0 Å². The molecule has 1 aliphatic rings. The predicted octanol–water partition coefficient (Wildman–Crippen LogP) is 0.587. The molecule has 0 bridgehead atoms. The highest BCUT2D eigenvalue weighted by molar-refractivity contribution is 5.94. The summed E-state index contributed by atoms with van der Waals surface area (Å²) >= 11 is 0. The molecule has 0 saturated heterocycles. The Hall–Kier alpha value is -1.39. The number of amides is 1. The quantitative estimate of drug-likeness (QED) is 0.464. The van der Waals surface area contributed by atoms with Crippen LogP contribution >= 0.6 is 0 Å². The molecule has 0 saturated carbocycles. The van der Waals surface area contributed by atoms with E-state index < -0.39 is 5.91 Å². The van der Waals surface area contributed by atoms with Gasteiger partial charge in [-0.3, -0.25) is 4.79 Å². The van der Waals surface area contributed by atoms with E-state index in [1.807, 2.05) is 0 Å². The van der Waals surface area contributed by atoms with Crippen molar-refractivity contribution >= 4 is 5.91 Å². The van der Waals surface area contributed by atoms with Crippen molar-refractivity contribution in [2.75, 3.05) is 0 Å². The normalized spacial score (nSPS) is 16.5. The van der Waals surface area contributed by atoms with Gasteiger partial charge in [0.25, 0.3) is 0 Å². The van der Waals surface area contributed by atoms with E-state index in [4.69, 9.17) is 0 Å². The molecule has 1 rings (SSSR count). The Labute approximate surface area is 44.1 Å². The number of hydrogen-bond acceptors (Lipinski definition) is 4. The Bertz CT molecular complexity index is 193. The molecular weight excluding hydrogens is 110 g/mol. The second-order valence-electron chi connectivity index (χ2n) is 1.13. The summed E-state index contributed by atoms with van der Waals surface area (Å²) in [7, 11) is 0. The molecule has 1 aliphatic heterocycles. The van der Waals surface area contributed by atoms with E-state index in [0.717, 1.165) is 6.20 Å². The fraction of sp³-hybridized carbons (Fsp3) is 0. The Morgan fingerprint density at radius 2 is 2.38 bits per heavy atom. The lowest BCUT2D eigenvalue weighted by Crippen LogP contribution is -1.87. The summed E-state index contributed by atoms with van der Waals surface area (Å²) < 4.78 is 0. The van der Waals surface area contributed by atoms with Gasteiger partial charge in [-0.1, -0.05) is 0 Å². The number of rotatable bonds is 1. The Kier molecular flexibility index (Phi) is 0.957. The molecule has 0 aromatic heterocycles. The standard InChI is InChI=1S/C3HN3O2/c7-3-2(6-8)1-4-5-3/h1H. The largest absolute Gasteiger partial charge is 0.319 e. The molecule has 0 atom stereocenters. The maximum absolute atomic E-state index is 10.2. The fourth-order valence-corrected chi connectivity index (χ4v) is 0.305. The maximum atomic E-state index is 10.2. The number of azo groups is 1. The third kappa shape index (κ3) is 0.534. The zero-order valence-electron chi connectivity index (χ0n) is 3.74. The Balaban J connectivity index is 2.88. The summed E-state index contributed by atoms with van der Waals surface area (Å²) in [5.74, 6) is -0.667. The zero-order valence-corrected chi connectivity index (χ0v) is 3.74. The number of nitrogens with zero attached hydrogens (tertiary/aromatic N) is 3. The van der Waals surface area contributed by atoms with Crippen LogP contribution in [0.5, 0.6) is 0 Å². The van der Waals surface area contributed by atoms with Crippen molar-refractivity contribution in [2.45, 2.75) is 0 Å². The molecule has 0 radical (unpaired) electrons. The van der Waals surface area contributed by atoms with Crippen molar-refractivity contribution in [1.29, 1.82) is 0 Å². The summed E-state index contributed by atoms with van der Waals surface area (Å²) in [6.07, 6.45) is 1.02. The van der Waals surface area contributed by atoms with Gasteiger partial charge in [-0.15, -0.1) is 10.0 Å². The molecule has 40 valence electrons. The Morgan fingerprint density at radius 1 is 1.62 bits per heavy atom. The summed E-state index contributed by atoms with van der Waals surface area (Å²) in [5.41, 5.74) is -0.231. The van der Waals surface area contributed by atoms with Crippen molar-refractivity contribution < 1.29 is 4.79 Å². The van der Waals surface area contributed by atoms with Gasteiger partial charge in [-0.05, 0) is 5.18 Å². The molecule has 0 N–H and O–H groups in total. The first kappa shape index (κ1) is 4.76. The first-order valence-corrected chi connectivity index (χ1v) is 1.83. The van der Waals surface area contributed by atoms with Gasteiger partial charge in [0.1, 0.15) is 0 Å². The van der Waals surface area contributed by atoms with E-state index in [2.05, 4.69) is 15.4 Å². The van der Waals surface area contributed by atoms with E-state index >= 15 is 0 Å². The first-order chi connectivity index (χ1) is 3.84. The van der Waals surface area contributed by atoms with Crippen LogP contribution in [0.2, 0.25) is 0 Å². The molecule has 1 amide bonds. The number of carbonyl (C=O) groups is 1. The van der Waals surface area contributed by atoms with Gasteiger partial charge in [-0.2, -0.15) is 5.11 Å². The molecule has 0 aliphatic carbocycles. The molecule has 5 heteroatoms. The average molecular weight is 111 g/mol. The first-order valence-electron chi connectivity index (χ1n) is 1.83. The van der Waals surface area contributed by atoms with Gasteiger partial charge in [0, 0.05) is 0 Å². The van der Waals surface area contributed by atoms with Crippen LogP contribution in [-0.4, -0.2) is 5.91 Å². The van der Waals surface area contributed by atoms with Gasteiger partial charge in [0.05, 0.1) is 6.20 Å². The lowest BCUT2D eigenvalue weighted by molar-refractivity contribution is -0.114. The van der Waals surface area contributed by atoms with Crippen LogP contribution in [0, 0.1) is 4.91 Å². The van der Waals surface area contributed by atoms with E-state index in [1.54, 1.807) is 0 Å². The second-order valence-corrected chi connectivity index (χ2v) is 1.13. The van der Waals surface area contributed by atoms with Crippen molar-refractivity contribution in [3.05, 3.63) is 16.8 Å². The predicted molar refractivity (Wildman–Crippen MR) is 23.7 cm³/mol. The number of hydrogen-bond donors (Lipinski definition) is 0. The highest BCUT2D eigenvalue weighted by Crippen LogP contribution is 2.06. The molecule has 8 heavy (non-hydrogen) atoms. The van der Waals surface area contributed by atoms with E-state index in [1.165, 1.54) is 0 Å². The van der Waals surface area contributed by atoms with E-state index in [-0.39, 0.29) is 5.70 Å². The van der Waals surface area contributed by atoms with Crippen LogP contribution in [0.4, 0.5) is 0 Å². The molecule has 0 spiro atoms. The van der Waals surface area contributed by atoms with Crippen LogP contribution in [0.1, 0.15) is 0 Å². The van der Waals surface area contributed by atoms with Crippen molar-refractivity contribution in [3.63, 3.8) is 0 Å². The molecule has 0 aromatic rings. The smallest absolute Gasteiger partial charge is 0.263 e. The summed E-state index contributed by atoms with van der Waals surface area (Å²) in [6, 6.07) is 0. The topological polar surface area (TPSA) is 71.2 Å². The minimum atomic E-state index is -0.667. The Morgan fingerprint density at radius 3 is 2.62 bits per heavy atom. The lowest BCUT2D eigenvalue weighted by atomic mass is 10.5.